The summed E-state index contributed by atoms with van der Waals surface area (Å²) in [6.45, 7) is 0. The molecule has 0 unspecified atom stereocenters. The molecule has 1 aromatic heterocycles. The lowest BCUT2D eigenvalue weighted by Crippen LogP contribution is -2.18. The van der Waals surface area contributed by atoms with E-state index in [2.05, 4.69) is 10.3 Å². The number of carbonyl (C=O) groups excluding carboxylic acids is 1. The van der Waals surface area contributed by atoms with Gasteiger partial charge in [-0.3, -0.25) is 0 Å². The SMILES string of the molecule is NC(=O)Nc1c[nH]c2cc(F)c(F)cc12. The van der Waals surface area contributed by atoms with Crippen LogP contribution in [0.5, 0.6) is 0 Å². The van der Waals surface area contributed by atoms with Crippen molar-refractivity contribution in [1.29, 1.82) is 0 Å². The van der Waals surface area contributed by atoms with Crippen LogP contribution in [0, 0.1) is 11.6 Å². The van der Waals surface area contributed by atoms with E-state index in [9.17, 15) is 13.6 Å². The number of carbonyl (C=O) groups is 1. The first-order valence-electron chi connectivity index (χ1n) is 4.10. The maximum Gasteiger partial charge on any atom is 0.316 e. The number of nitrogens with two attached hydrogens (primary N) is 1. The molecular weight excluding hydrogens is 204 g/mol. The molecule has 4 N–H and O–H groups in total. The van der Waals surface area contributed by atoms with Gasteiger partial charge in [-0.05, 0) is 6.07 Å². The number of H-pyrrole nitrogens is 1. The highest BCUT2D eigenvalue weighted by molar-refractivity contribution is 6.00. The lowest BCUT2D eigenvalue weighted by molar-refractivity contribution is 0.259. The van der Waals surface area contributed by atoms with Crippen LogP contribution in [0.15, 0.2) is 18.3 Å². The van der Waals surface area contributed by atoms with Gasteiger partial charge >= 0.3 is 6.03 Å². The number of primary amides is 1. The van der Waals surface area contributed by atoms with Crippen LogP contribution >= 0.6 is 0 Å². The Labute approximate surface area is 83.1 Å². The summed E-state index contributed by atoms with van der Waals surface area (Å²) < 4.78 is 25.7. The lowest BCUT2D eigenvalue weighted by Gasteiger charge is -1.99. The van der Waals surface area contributed by atoms with Crippen molar-refractivity contribution in [3.05, 3.63) is 30.0 Å². The summed E-state index contributed by atoms with van der Waals surface area (Å²) in [4.78, 5) is 13.3. The van der Waals surface area contributed by atoms with E-state index in [1.807, 2.05) is 0 Å². The summed E-state index contributed by atoms with van der Waals surface area (Å²) in [5.74, 6) is -1.93. The van der Waals surface area contributed by atoms with Crippen molar-refractivity contribution in [2.24, 2.45) is 5.73 Å². The average molecular weight is 211 g/mol. The quantitative estimate of drug-likeness (QED) is 0.662. The Morgan fingerprint density at radius 3 is 2.67 bits per heavy atom. The maximum absolute atomic E-state index is 12.9. The highest BCUT2D eigenvalue weighted by Gasteiger charge is 2.09. The lowest BCUT2D eigenvalue weighted by atomic mass is 10.2. The van der Waals surface area contributed by atoms with Gasteiger partial charge in [0.1, 0.15) is 0 Å². The van der Waals surface area contributed by atoms with Crippen molar-refractivity contribution in [2.75, 3.05) is 5.32 Å². The summed E-state index contributed by atoms with van der Waals surface area (Å²) in [6, 6.07) is 1.24. The molecule has 0 fully saturated rings. The second kappa shape index (κ2) is 3.23. The zero-order chi connectivity index (χ0) is 11.0. The topological polar surface area (TPSA) is 70.9 Å². The smallest absolute Gasteiger partial charge is 0.316 e. The van der Waals surface area contributed by atoms with Crippen LogP contribution in [0.2, 0.25) is 0 Å². The van der Waals surface area contributed by atoms with Crippen molar-refractivity contribution < 1.29 is 13.6 Å². The van der Waals surface area contributed by atoms with Gasteiger partial charge in [-0.15, -0.1) is 0 Å². The monoisotopic (exact) mass is 211 g/mol. The van der Waals surface area contributed by atoms with E-state index in [4.69, 9.17) is 5.73 Å². The van der Waals surface area contributed by atoms with E-state index in [1.165, 1.54) is 6.20 Å². The number of hydrogen-bond acceptors (Lipinski definition) is 1. The molecule has 0 aliphatic carbocycles. The number of aromatic amines is 1. The maximum atomic E-state index is 12.9. The molecule has 0 spiro atoms. The third-order valence-corrected chi connectivity index (χ3v) is 1.98. The second-order valence-electron chi connectivity index (χ2n) is 3.00. The molecule has 0 radical (unpaired) electrons. The molecule has 1 heterocycles. The summed E-state index contributed by atoms with van der Waals surface area (Å²) in [5, 5.41) is 2.66. The zero-order valence-corrected chi connectivity index (χ0v) is 7.47. The first-order chi connectivity index (χ1) is 7.08. The fraction of sp³-hybridized carbons (Fsp3) is 0. The van der Waals surface area contributed by atoms with E-state index in [0.717, 1.165) is 12.1 Å². The average Bonchev–Trinajstić information content (AvgIpc) is 2.49. The fourth-order valence-corrected chi connectivity index (χ4v) is 1.35. The zero-order valence-electron chi connectivity index (χ0n) is 7.47. The standard InChI is InChI=1S/C9H7F2N3O/c10-5-1-4-7(2-6(5)11)13-3-8(4)14-9(12)15/h1-3,13H,(H3,12,14,15). The molecule has 6 heteroatoms. The summed E-state index contributed by atoms with van der Waals surface area (Å²) in [7, 11) is 0. The van der Waals surface area contributed by atoms with Crippen LogP contribution in [-0.4, -0.2) is 11.0 Å². The van der Waals surface area contributed by atoms with E-state index in [-0.39, 0.29) is 0 Å². The Hall–Kier alpha value is -2.11. The Bertz CT molecular complexity index is 535. The number of nitrogens with one attached hydrogen (secondary N) is 2. The van der Waals surface area contributed by atoms with Crippen LogP contribution in [-0.2, 0) is 0 Å². The summed E-state index contributed by atoms with van der Waals surface area (Å²) in [6.07, 6.45) is 1.41. The van der Waals surface area contributed by atoms with E-state index < -0.39 is 17.7 Å². The highest BCUT2D eigenvalue weighted by Crippen LogP contribution is 2.25. The van der Waals surface area contributed by atoms with Gasteiger partial charge in [0.15, 0.2) is 11.6 Å². The first kappa shape index (κ1) is 9.45. The van der Waals surface area contributed by atoms with Crippen LogP contribution in [0.4, 0.5) is 19.3 Å². The number of fused-ring (bicyclic) bond motifs is 1. The Kier molecular flexibility index (Phi) is 2.03. The Balaban J connectivity index is 2.59. The minimum absolute atomic E-state index is 0.316. The van der Waals surface area contributed by atoms with Crippen LogP contribution in [0.1, 0.15) is 0 Å². The molecule has 0 saturated heterocycles. The predicted molar refractivity (Wildman–Crippen MR) is 51.4 cm³/mol. The fourth-order valence-electron chi connectivity index (χ4n) is 1.35. The van der Waals surface area contributed by atoms with Gasteiger partial charge in [0.2, 0.25) is 0 Å². The van der Waals surface area contributed by atoms with Gasteiger partial charge in [0, 0.05) is 17.6 Å². The van der Waals surface area contributed by atoms with E-state index >= 15 is 0 Å². The first-order valence-corrected chi connectivity index (χ1v) is 4.10. The number of halogens is 2. The highest BCUT2D eigenvalue weighted by atomic mass is 19.2. The Morgan fingerprint density at radius 2 is 2.00 bits per heavy atom. The second-order valence-corrected chi connectivity index (χ2v) is 3.00. The molecule has 0 saturated carbocycles. The molecule has 2 amide bonds. The molecule has 0 bridgehead atoms. The van der Waals surface area contributed by atoms with E-state index in [0.29, 0.717) is 16.6 Å². The third kappa shape index (κ3) is 1.61. The van der Waals surface area contributed by atoms with Crippen molar-refractivity contribution in [3.63, 3.8) is 0 Å². The van der Waals surface area contributed by atoms with Gasteiger partial charge in [0.25, 0.3) is 0 Å². The van der Waals surface area contributed by atoms with Gasteiger partial charge in [0.05, 0.1) is 11.2 Å². The van der Waals surface area contributed by atoms with E-state index in [1.54, 1.807) is 0 Å². The van der Waals surface area contributed by atoms with Crippen molar-refractivity contribution in [2.45, 2.75) is 0 Å². The predicted octanol–water partition coefficient (Wildman–Crippen LogP) is 1.94. The summed E-state index contributed by atoms with van der Waals surface area (Å²) in [5.41, 5.74) is 5.61. The molecule has 4 nitrogen and oxygen atoms in total. The Morgan fingerprint density at radius 1 is 1.33 bits per heavy atom. The normalized spacial score (nSPS) is 10.5. The largest absolute Gasteiger partial charge is 0.359 e. The van der Waals surface area contributed by atoms with Gasteiger partial charge in [-0.2, -0.15) is 0 Å². The minimum atomic E-state index is -0.977. The molecule has 0 aliphatic heterocycles. The van der Waals surface area contributed by atoms with Crippen LogP contribution in [0.3, 0.4) is 0 Å². The third-order valence-electron chi connectivity index (χ3n) is 1.98. The van der Waals surface area contributed by atoms with Crippen molar-refractivity contribution in [1.82, 2.24) is 4.98 Å². The number of amides is 2. The minimum Gasteiger partial charge on any atom is -0.359 e. The van der Waals surface area contributed by atoms with Gasteiger partial charge in [-0.25, -0.2) is 13.6 Å². The van der Waals surface area contributed by atoms with Gasteiger partial charge in [-0.1, -0.05) is 0 Å². The number of hydrogen-bond donors (Lipinski definition) is 3. The molecule has 15 heavy (non-hydrogen) atoms. The molecule has 2 aromatic rings. The number of anilines is 1. The number of benzene rings is 1. The van der Waals surface area contributed by atoms with Crippen molar-refractivity contribution in [3.8, 4) is 0 Å². The van der Waals surface area contributed by atoms with Crippen LogP contribution < -0.4 is 11.1 Å². The molecular formula is C9H7F2N3O. The molecule has 1 aromatic carbocycles. The molecule has 0 atom stereocenters. The number of urea groups is 1. The number of aromatic nitrogens is 1. The molecule has 78 valence electrons. The number of rotatable bonds is 1. The summed E-state index contributed by atoms with van der Waals surface area (Å²) >= 11 is 0. The van der Waals surface area contributed by atoms with Crippen molar-refractivity contribution >= 4 is 22.6 Å². The molecule has 2 rings (SSSR count). The van der Waals surface area contributed by atoms with Gasteiger partial charge < -0.3 is 16.0 Å². The molecule has 0 aliphatic rings. The van der Waals surface area contributed by atoms with Crippen LogP contribution in [0.25, 0.3) is 10.9 Å².